The number of carbonyl (C=O) groups excluding carboxylic acids is 2. The van der Waals surface area contributed by atoms with Crippen LogP contribution in [0.2, 0.25) is 5.02 Å². The molecule has 1 atom stereocenters. The van der Waals surface area contributed by atoms with Gasteiger partial charge in [0, 0.05) is 19.2 Å². The number of aromatic amines is 1. The molecule has 5 nitrogen and oxygen atoms in total. The average Bonchev–Trinajstić information content (AvgIpc) is 3.14. The molecule has 0 aliphatic carbocycles. The molecule has 2 aliphatic rings. The summed E-state index contributed by atoms with van der Waals surface area (Å²) in [5.74, 6) is 0.564. The summed E-state index contributed by atoms with van der Waals surface area (Å²) in [4.78, 5) is 29.5. The van der Waals surface area contributed by atoms with E-state index in [1.165, 1.54) is 0 Å². The second kappa shape index (κ2) is 5.13. The number of aromatic nitrogens is 1. The third-order valence-electron chi connectivity index (χ3n) is 4.48. The van der Waals surface area contributed by atoms with E-state index in [4.69, 9.17) is 16.3 Å². The Labute approximate surface area is 138 Å². The first-order chi connectivity index (χ1) is 11.1. The van der Waals surface area contributed by atoms with Crippen LogP contribution in [-0.4, -0.2) is 40.3 Å². The molecule has 1 aromatic carbocycles. The van der Waals surface area contributed by atoms with Gasteiger partial charge < -0.3 is 14.6 Å². The number of carbonyl (C=O) groups is 2. The largest absolute Gasteiger partial charge is 0.484 e. The van der Waals surface area contributed by atoms with Crippen molar-refractivity contribution in [3.8, 4) is 5.75 Å². The number of hydrogen-bond donors (Lipinski definition) is 1. The minimum atomic E-state index is -0.614. The number of hydrogen-bond acceptors (Lipinski definition) is 3. The van der Waals surface area contributed by atoms with Crippen molar-refractivity contribution >= 4 is 23.3 Å². The van der Waals surface area contributed by atoms with Crippen LogP contribution < -0.4 is 4.74 Å². The molecule has 1 amide bonds. The topological polar surface area (TPSA) is 62.4 Å². The van der Waals surface area contributed by atoms with E-state index in [1.54, 1.807) is 23.2 Å². The average molecular weight is 331 g/mol. The van der Waals surface area contributed by atoms with Crippen molar-refractivity contribution < 1.29 is 14.3 Å². The number of benzene rings is 1. The molecular weight excluding hydrogens is 316 g/mol. The molecule has 4 rings (SSSR count). The van der Waals surface area contributed by atoms with Crippen molar-refractivity contribution in [3.63, 3.8) is 0 Å². The lowest BCUT2D eigenvalue weighted by Crippen LogP contribution is -2.45. The fourth-order valence-electron chi connectivity index (χ4n) is 3.35. The maximum absolute atomic E-state index is 12.5. The Morgan fingerprint density at radius 1 is 1.35 bits per heavy atom. The molecular formula is C17H15ClN2O3. The van der Waals surface area contributed by atoms with Crippen LogP contribution in [0.15, 0.2) is 36.5 Å². The molecule has 2 aliphatic heterocycles. The predicted molar refractivity (Wildman–Crippen MR) is 85.1 cm³/mol. The summed E-state index contributed by atoms with van der Waals surface area (Å²) in [7, 11) is 0. The summed E-state index contributed by atoms with van der Waals surface area (Å²) in [5.41, 5.74) is 0.464. The van der Waals surface area contributed by atoms with E-state index < -0.39 is 5.60 Å². The molecule has 0 radical (unpaired) electrons. The number of Topliss-reactive ketones (excluding diaryl/α,β-unsaturated/α-hetero) is 1. The number of ketones is 1. The minimum Gasteiger partial charge on any atom is -0.484 e. The van der Waals surface area contributed by atoms with Crippen LogP contribution in [0, 0.1) is 0 Å². The van der Waals surface area contributed by atoms with Crippen molar-refractivity contribution in [1.82, 2.24) is 9.88 Å². The van der Waals surface area contributed by atoms with E-state index in [1.807, 2.05) is 18.2 Å². The van der Waals surface area contributed by atoms with Crippen molar-refractivity contribution in [1.29, 1.82) is 0 Å². The molecule has 6 heteroatoms. The number of H-pyrrole nitrogens is 1. The van der Waals surface area contributed by atoms with Crippen molar-refractivity contribution in [2.24, 2.45) is 0 Å². The summed E-state index contributed by atoms with van der Waals surface area (Å²) in [6.45, 7) is 0.966. The van der Waals surface area contributed by atoms with E-state index in [-0.39, 0.29) is 11.7 Å². The fraction of sp³-hybridized carbons (Fsp3) is 0.294. The lowest BCUT2D eigenvalue weighted by atomic mass is 9.89. The zero-order valence-electron chi connectivity index (χ0n) is 12.3. The highest BCUT2D eigenvalue weighted by atomic mass is 35.5. The summed E-state index contributed by atoms with van der Waals surface area (Å²) in [5, 5.41) is 0.500. The summed E-state index contributed by atoms with van der Waals surface area (Å²) in [6, 6.07) is 8.88. The van der Waals surface area contributed by atoms with Gasteiger partial charge in [-0.15, -0.1) is 0 Å². The fourth-order valence-corrected chi connectivity index (χ4v) is 3.51. The minimum absolute atomic E-state index is 0.0732. The van der Waals surface area contributed by atoms with Crippen LogP contribution >= 0.6 is 11.6 Å². The molecule has 2 aromatic rings. The van der Waals surface area contributed by atoms with Crippen LogP contribution in [0.1, 0.15) is 33.7 Å². The number of halogens is 1. The quantitative estimate of drug-likeness (QED) is 0.874. The van der Waals surface area contributed by atoms with Crippen LogP contribution in [-0.2, 0) is 0 Å². The molecule has 0 bridgehead atoms. The van der Waals surface area contributed by atoms with E-state index in [9.17, 15) is 9.59 Å². The van der Waals surface area contributed by atoms with Crippen molar-refractivity contribution in [2.75, 3.05) is 13.1 Å². The smallest absolute Gasteiger partial charge is 0.270 e. The molecule has 1 spiro atoms. The van der Waals surface area contributed by atoms with Gasteiger partial charge in [0.2, 0.25) is 0 Å². The summed E-state index contributed by atoms with van der Waals surface area (Å²) in [6.07, 6.45) is 2.53. The third-order valence-corrected chi connectivity index (χ3v) is 4.70. The maximum atomic E-state index is 12.5. The van der Waals surface area contributed by atoms with E-state index in [0.29, 0.717) is 48.0 Å². The van der Waals surface area contributed by atoms with Gasteiger partial charge in [-0.25, -0.2) is 0 Å². The highest BCUT2D eigenvalue weighted by Gasteiger charge is 2.47. The van der Waals surface area contributed by atoms with Gasteiger partial charge in [0.05, 0.1) is 23.6 Å². The molecule has 1 unspecified atom stereocenters. The Balaban J connectivity index is 1.56. The Hall–Kier alpha value is -2.27. The second-order valence-corrected chi connectivity index (χ2v) is 6.53. The summed E-state index contributed by atoms with van der Waals surface area (Å²) < 4.78 is 6.12. The molecule has 118 valence electrons. The zero-order valence-corrected chi connectivity index (χ0v) is 13.1. The SMILES string of the molecule is O=C1CC2(CCN(C(=O)c3cc(Cl)c[nH]3)C2)Oc2ccccc21. The predicted octanol–water partition coefficient (Wildman–Crippen LogP) is 2.92. The van der Waals surface area contributed by atoms with E-state index in [2.05, 4.69) is 4.98 Å². The van der Waals surface area contributed by atoms with Gasteiger partial charge in [0.15, 0.2) is 5.78 Å². The number of nitrogens with zero attached hydrogens (tertiary/aromatic N) is 1. The number of fused-ring (bicyclic) bond motifs is 1. The van der Waals surface area contributed by atoms with Gasteiger partial charge in [0.1, 0.15) is 17.0 Å². The molecule has 0 saturated carbocycles. The normalized spacial score (nSPS) is 23.0. The van der Waals surface area contributed by atoms with Crippen LogP contribution in [0.5, 0.6) is 5.75 Å². The maximum Gasteiger partial charge on any atom is 0.270 e. The van der Waals surface area contributed by atoms with Gasteiger partial charge >= 0.3 is 0 Å². The van der Waals surface area contributed by atoms with Gasteiger partial charge in [-0.3, -0.25) is 9.59 Å². The number of ether oxygens (including phenoxy) is 1. The molecule has 23 heavy (non-hydrogen) atoms. The first kappa shape index (κ1) is 14.3. The first-order valence-electron chi connectivity index (χ1n) is 7.51. The van der Waals surface area contributed by atoms with E-state index in [0.717, 1.165) is 0 Å². The van der Waals surface area contributed by atoms with Gasteiger partial charge in [-0.1, -0.05) is 23.7 Å². The Kier molecular flexibility index (Phi) is 3.20. The number of likely N-dealkylation sites (tertiary alicyclic amines) is 1. The number of para-hydroxylation sites is 1. The number of nitrogens with one attached hydrogen (secondary N) is 1. The number of rotatable bonds is 1. The zero-order chi connectivity index (χ0) is 16.0. The Morgan fingerprint density at radius 3 is 2.96 bits per heavy atom. The summed E-state index contributed by atoms with van der Waals surface area (Å²) >= 11 is 5.86. The standard InChI is InChI=1S/C17H15ClN2O3/c18-11-7-13(19-9-11)16(22)20-6-5-17(10-20)8-14(21)12-3-1-2-4-15(12)23-17/h1-4,7,9,19H,5-6,8,10H2. The van der Waals surface area contributed by atoms with Crippen LogP contribution in [0.25, 0.3) is 0 Å². The third kappa shape index (κ3) is 2.41. The van der Waals surface area contributed by atoms with Gasteiger partial charge in [-0.2, -0.15) is 0 Å². The Bertz CT molecular complexity index is 801. The molecule has 3 heterocycles. The van der Waals surface area contributed by atoms with Crippen molar-refractivity contribution in [3.05, 3.63) is 52.8 Å². The second-order valence-electron chi connectivity index (χ2n) is 6.09. The highest BCUT2D eigenvalue weighted by molar-refractivity contribution is 6.30. The van der Waals surface area contributed by atoms with E-state index >= 15 is 0 Å². The monoisotopic (exact) mass is 330 g/mol. The first-order valence-corrected chi connectivity index (χ1v) is 7.89. The van der Waals surface area contributed by atoms with Crippen LogP contribution in [0.3, 0.4) is 0 Å². The lowest BCUT2D eigenvalue weighted by molar-refractivity contribution is 0.0427. The lowest BCUT2D eigenvalue weighted by Gasteiger charge is -2.34. The van der Waals surface area contributed by atoms with Crippen molar-refractivity contribution in [2.45, 2.75) is 18.4 Å². The molecule has 1 aromatic heterocycles. The number of amides is 1. The molecule has 1 saturated heterocycles. The van der Waals surface area contributed by atoms with Gasteiger partial charge in [-0.05, 0) is 18.2 Å². The van der Waals surface area contributed by atoms with Crippen LogP contribution in [0.4, 0.5) is 0 Å². The highest BCUT2D eigenvalue weighted by Crippen LogP contribution is 2.38. The molecule has 1 fully saturated rings. The Morgan fingerprint density at radius 2 is 2.17 bits per heavy atom. The van der Waals surface area contributed by atoms with Gasteiger partial charge in [0.25, 0.3) is 5.91 Å². The molecule has 1 N–H and O–H groups in total.